The van der Waals surface area contributed by atoms with Gasteiger partial charge in [-0.2, -0.15) is 0 Å². The average molecular weight is 250 g/mol. The van der Waals surface area contributed by atoms with Crippen LogP contribution in [0, 0.1) is 5.82 Å². The van der Waals surface area contributed by atoms with Gasteiger partial charge in [0, 0.05) is 6.54 Å². The second-order valence-electron chi connectivity index (χ2n) is 4.36. The third-order valence-corrected chi connectivity index (χ3v) is 2.87. The molecule has 96 valence electrons. The molecule has 1 atom stereocenters. The van der Waals surface area contributed by atoms with E-state index in [0.29, 0.717) is 18.5 Å². The molecule has 2 N–H and O–H groups in total. The summed E-state index contributed by atoms with van der Waals surface area (Å²) >= 11 is 0. The number of hydrogen-bond acceptors (Lipinski definition) is 2. The number of nitrogens with one attached hydrogen (secondary N) is 2. The summed E-state index contributed by atoms with van der Waals surface area (Å²) in [5.41, 5.74) is 0.601. The summed E-state index contributed by atoms with van der Waals surface area (Å²) in [5, 5.41) is 5.36. The van der Waals surface area contributed by atoms with Gasteiger partial charge in [-0.25, -0.2) is 4.39 Å². The van der Waals surface area contributed by atoms with E-state index in [1.54, 1.807) is 12.1 Å². The van der Waals surface area contributed by atoms with Crippen LogP contribution < -0.4 is 10.6 Å². The molecule has 1 aliphatic rings. The Morgan fingerprint density at radius 2 is 2.33 bits per heavy atom. The predicted octanol–water partition coefficient (Wildman–Crippen LogP) is 0.763. The Kier molecular flexibility index (Phi) is 3.92. The lowest BCUT2D eigenvalue weighted by Gasteiger charge is -2.22. The first kappa shape index (κ1) is 12.5. The van der Waals surface area contributed by atoms with Gasteiger partial charge in [-0.3, -0.25) is 9.59 Å². The van der Waals surface area contributed by atoms with E-state index in [4.69, 9.17) is 0 Å². The molecule has 0 radical (unpaired) electrons. The van der Waals surface area contributed by atoms with Gasteiger partial charge in [0.25, 0.3) is 0 Å². The molecule has 0 aromatic heterocycles. The molecular weight excluding hydrogens is 235 g/mol. The molecule has 1 aliphatic heterocycles. The first-order valence-electron chi connectivity index (χ1n) is 5.96. The lowest BCUT2D eigenvalue weighted by molar-refractivity contribution is -0.129. The minimum absolute atomic E-state index is 0.0849. The van der Waals surface area contributed by atoms with E-state index in [9.17, 15) is 14.0 Å². The van der Waals surface area contributed by atoms with Crippen molar-refractivity contribution in [3.05, 3.63) is 35.6 Å². The molecule has 4 nitrogen and oxygen atoms in total. The fraction of sp³-hybridized carbons (Fsp3) is 0.385. The van der Waals surface area contributed by atoms with E-state index in [0.717, 1.165) is 6.42 Å². The van der Waals surface area contributed by atoms with Gasteiger partial charge in [0.15, 0.2) is 0 Å². The van der Waals surface area contributed by atoms with Crippen LogP contribution in [-0.4, -0.2) is 24.4 Å². The fourth-order valence-electron chi connectivity index (χ4n) is 1.99. The number of carbonyl (C=O) groups is 2. The van der Waals surface area contributed by atoms with Crippen molar-refractivity contribution in [1.82, 2.24) is 10.6 Å². The topological polar surface area (TPSA) is 58.2 Å². The van der Waals surface area contributed by atoms with E-state index >= 15 is 0 Å². The van der Waals surface area contributed by atoms with Gasteiger partial charge in [-0.1, -0.05) is 12.1 Å². The SMILES string of the molecule is O=C(Cc1cccc(F)c1)NC1CCCNC1=O. The molecule has 0 saturated carbocycles. The summed E-state index contributed by atoms with van der Waals surface area (Å²) in [5.74, 6) is -0.771. The zero-order valence-corrected chi connectivity index (χ0v) is 9.91. The molecule has 0 bridgehead atoms. The van der Waals surface area contributed by atoms with Crippen molar-refractivity contribution in [3.63, 3.8) is 0 Å². The molecule has 0 aliphatic carbocycles. The molecule has 2 amide bonds. The first-order chi connectivity index (χ1) is 8.65. The zero-order valence-electron chi connectivity index (χ0n) is 9.91. The van der Waals surface area contributed by atoms with Crippen molar-refractivity contribution < 1.29 is 14.0 Å². The Bertz CT molecular complexity index is 462. The van der Waals surface area contributed by atoms with Gasteiger partial charge in [-0.15, -0.1) is 0 Å². The average Bonchev–Trinajstić information content (AvgIpc) is 2.32. The van der Waals surface area contributed by atoms with Gasteiger partial charge < -0.3 is 10.6 Å². The number of benzene rings is 1. The van der Waals surface area contributed by atoms with Gasteiger partial charge >= 0.3 is 0 Å². The molecule has 1 aromatic carbocycles. The summed E-state index contributed by atoms with van der Waals surface area (Å²) in [6.45, 7) is 0.662. The maximum absolute atomic E-state index is 12.9. The number of rotatable bonds is 3. The summed E-state index contributed by atoms with van der Waals surface area (Å²) in [6.07, 6.45) is 1.60. The maximum Gasteiger partial charge on any atom is 0.242 e. The molecule has 2 rings (SSSR count). The highest BCUT2D eigenvalue weighted by Gasteiger charge is 2.23. The van der Waals surface area contributed by atoms with Crippen LogP contribution in [0.25, 0.3) is 0 Å². The van der Waals surface area contributed by atoms with Crippen LogP contribution in [0.15, 0.2) is 24.3 Å². The Morgan fingerprint density at radius 1 is 1.50 bits per heavy atom. The predicted molar refractivity (Wildman–Crippen MR) is 64.3 cm³/mol. The smallest absolute Gasteiger partial charge is 0.242 e. The molecule has 1 saturated heterocycles. The van der Waals surface area contributed by atoms with Crippen molar-refractivity contribution in [3.8, 4) is 0 Å². The molecular formula is C13H15FN2O2. The molecule has 18 heavy (non-hydrogen) atoms. The molecule has 0 spiro atoms. The van der Waals surface area contributed by atoms with Gasteiger partial charge in [0.1, 0.15) is 11.9 Å². The normalized spacial score (nSPS) is 19.2. The number of carbonyl (C=O) groups excluding carboxylic acids is 2. The van der Waals surface area contributed by atoms with Gasteiger partial charge in [0.05, 0.1) is 6.42 Å². The van der Waals surface area contributed by atoms with Gasteiger partial charge in [-0.05, 0) is 30.5 Å². The van der Waals surface area contributed by atoms with E-state index < -0.39 is 6.04 Å². The van der Waals surface area contributed by atoms with Crippen LogP contribution in [0.3, 0.4) is 0 Å². The Hall–Kier alpha value is -1.91. The second-order valence-corrected chi connectivity index (χ2v) is 4.36. The summed E-state index contributed by atoms with van der Waals surface area (Å²) in [4.78, 5) is 23.2. The molecule has 1 aromatic rings. The van der Waals surface area contributed by atoms with Crippen molar-refractivity contribution in [2.75, 3.05) is 6.54 Å². The zero-order chi connectivity index (χ0) is 13.0. The quantitative estimate of drug-likeness (QED) is 0.832. The minimum Gasteiger partial charge on any atom is -0.354 e. The van der Waals surface area contributed by atoms with E-state index in [-0.39, 0.29) is 24.1 Å². The number of halogens is 1. The number of hydrogen-bond donors (Lipinski definition) is 2. The molecule has 1 fully saturated rings. The number of amides is 2. The van der Waals surface area contributed by atoms with Crippen molar-refractivity contribution in [1.29, 1.82) is 0 Å². The highest BCUT2D eigenvalue weighted by Crippen LogP contribution is 2.06. The maximum atomic E-state index is 12.9. The standard InChI is InChI=1S/C13H15FN2O2/c14-10-4-1-3-9(7-10)8-12(17)16-11-5-2-6-15-13(11)18/h1,3-4,7,11H,2,5-6,8H2,(H,15,18)(H,16,17). The fourth-order valence-corrected chi connectivity index (χ4v) is 1.99. The first-order valence-corrected chi connectivity index (χ1v) is 5.96. The second kappa shape index (κ2) is 5.62. The summed E-state index contributed by atoms with van der Waals surface area (Å²) < 4.78 is 12.9. The van der Waals surface area contributed by atoms with Crippen LogP contribution in [0.2, 0.25) is 0 Å². The Balaban J connectivity index is 1.90. The Labute approximate surface area is 105 Å². The highest BCUT2D eigenvalue weighted by molar-refractivity contribution is 5.88. The Morgan fingerprint density at radius 3 is 3.06 bits per heavy atom. The van der Waals surface area contributed by atoms with Crippen LogP contribution in [0.4, 0.5) is 4.39 Å². The van der Waals surface area contributed by atoms with Crippen molar-refractivity contribution >= 4 is 11.8 Å². The minimum atomic E-state index is -0.459. The third-order valence-electron chi connectivity index (χ3n) is 2.87. The monoisotopic (exact) mass is 250 g/mol. The molecule has 5 heteroatoms. The van der Waals surface area contributed by atoms with Crippen molar-refractivity contribution in [2.24, 2.45) is 0 Å². The van der Waals surface area contributed by atoms with E-state index in [2.05, 4.69) is 10.6 Å². The molecule has 1 heterocycles. The highest BCUT2D eigenvalue weighted by atomic mass is 19.1. The van der Waals surface area contributed by atoms with E-state index in [1.165, 1.54) is 12.1 Å². The van der Waals surface area contributed by atoms with Crippen LogP contribution in [0.5, 0.6) is 0 Å². The van der Waals surface area contributed by atoms with Crippen LogP contribution >= 0.6 is 0 Å². The van der Waals surface area contributed by atoms with Gasteiger partial charge in [0.2, 0.25) is 11.8 Å². The summed E-state index contributed by atoms with van der Waals surface area (Å²) in [6, 6.07) is 5.44. The van der Waals surface area contributed by atoms with Crippen LogP contribution in [0.1, 0.15) is 18.4 Å². The number of piperidine rings is 1. The lowest BCUT2D eigenvalue weighted by atomic mass is 10.1. The summed E-state index contributed by atoms with van der Waals surface area (Å²) in [7, 11) is 0. The van der Waals surface area contributed by atoms with Crippen LogP contribution in [-0.2, 0) is 16.0 Å². The van der Waals surface area contributed by atoms with Crippen molar-refractivity contribution in [2.45, 2.75) is 25.3 Å². The molecule has 1 unspecified atom stereocenters. The van der Waals surface area contributed by atoms with E-state index in [1.807, 2.05) is 0 Å². The third kappa shape index (κ3) is 3.29. The largest absolute Gasteiger partial charge is 0.354 e. The lowest BCUT2D eigenvalue weighted by Crippen LogP contribution is -2.50.